The Labute approximate surface area is 127 Å². The zero-order chi connectivity index (χ0) is 15.4. The van der Waals surface area contributed by atoms with Crippen molar-refractivity contribution in [1.29, 1.82) is 0 Å². The Kier molecular flexibility index (Phi) is 4.96. The lowest BCUT2D eigenvalue weighted by Gasteiger charge is -2.29. The van der Waals surface area contributed by atoms with Crippen LogP contribution in [0.4, 0.5) is 4.39 Å². The zero-order valence-electron chi connectivity index (χ0n) is 11.5. The van der Waals surface area contributed by atoms with Gasteiger partial charge in [-0.2, -0.15) is 0 Å². The van der Waals surface area contributed by atoms with Crippen molar-refractivity contribution in [3.05, 3.63) is 46.8 Å². The van der Waals surface area contributed by atoms with Crippen molar-refractivity contribution in [2.75, 3.05) is 13.1 Å². The van der Waals surface area contributed by atoms with Crippen LogP contribution in [0.25, 0.3) is 0 Å². The van der Waals surface area contributed by atoms with Gasteiger partial charge in [0, 0.05) is 31.1 Å². The van der Waals surface area contributed by atoms with Gasteiger partial charge in [0.25, 0.3) is 0 Å². The summed E-state index contributed by atoms with van der Waals surface area (Å²) in [5.41, 5.74) is 1.65. The molecular formula is C15H16ClFN2O2. The summed E-state index contributed by atoms with van der Waals surface area (Å²) in [7, 11) is 0. The highest BCUT2D eigenvalue weighted by atomic mass is 35.5. The minimum Gasteiger partial charge on any atom is -0.352 e. The van der Waals surface area contributed by atoms with Crippen molar-refractivity contribution in [1.82, 2.24) is 10.2 Å². The fourth-order valence-electron chi connectivity index (χ4n) is 2.32. The first kappa shape index (κ1) is 15.5. The van der Waals surface area contributed by atoms with Crippen LogP contribution >= 0.6 is 11.6 Å². The first-order valence-corrected chi connectivity index (χ1v) is 7.04. The Hall–Kier alpha value is -1.88. The van der Waals surface area contributed by atoms with Crippen LogP contribution in [-0.2, 0) is 22.6 Å². The molecule has 4 nitrogen and oxygen atoms in total. The van der Waals surface area contributed by atoms with E-state index < -0.39 is 0 Å². The van der Waals surface area contributed by atoms with E-state index in [0.29, 0.717) is 24.5 Å². The highest BCUT2D eigenvalue weighted by Gasteiger charge is 2.22. The second-order valence-electron chi connectivity index (χ2n) is 4.84. The van der Waals surface area contributed by atoms with Gasteiger partial charge in [-0.3, -0.25) is 9.59 Å². The fraction of sp³-hybridized carbons (Fsp3) is 0.333. The van der Waals surface area contributed by atoms with Gasteiger partial charge in [-0.1, -0.05) is 18.2 Å². The number of amides is 2. The van der Waals surface area contributed by atoms with Crippen molar-refractivity contribution in [3.63, 3.8) is 0 Å². The molecule has 2 rings (SSSR count). The van der Waals surface area contributed by atoms with Crippen LogP contribution < -0.4 is 5.32 Å². The highest BCUT2D eigenvalue weighted by molar-refractivity contribution is 6.31. The summed E-state index contributed by atoms with van der Waals surface area (Å²) in [6.45, 7) is 4.51. The van der Waals surface area contributed by atoms with E-state index in [1.165, 1.54) is 12.1 Å². The van der Waals surface area contributed by atoms with Crippen molar-refractivity contribution < 1.29 is 14.0 Å². The molecule has 0 saturated heterocycles. The Morgan fingerprint density at radius 3 is 2.95 bits per heavy atom. The molecule has 112 valence electrons. The number of carbonyl (C=O) groups is 2. The maximum Gasteiger partial charge on any atom is 0.243 e. The number of carbonyl (C=O) groups excluding carboxylic acids is 2. The molecule has 1 aromatic carbocycles. The minimum absolute atomic E-state index is 0.0644. The molecule has 6 heteroatoms. The Bertz CT molecular complexity index is 589. The predicted molar refractivity (Wildman–Crippen MR) is 78.4 cm³/mol. The number of halogens is 2. The molecule has 21 heavy (non-hydrogen) atoms. The summed E-state index contributed by atoms with van der Waals surface area (Å²) in [5.74, 6) is -0.721. The average Bonchev–Trinajstić information content (AvgIpc) is 2.46. The molecule has 0 saturated carbocycles. The van der Waals surface area contributed by atoms with E-state index in [2.05, 4.69) is 11.9 Å². The quantitative estimate of drug-likeness (QED) is 0.865. The maximum absolute atomic E-state index is 13.3. The van der Waals surface area contributed by atoms with Gasteiger partial charge < -0.3 is 10.2 Å². The Morgan fingerprint density at radius 1 is 1.48 bits per heavy atom. The van der Waals surface area contributed by atoms with E-state index in [4.69, 9.17) is 11.6 Å². The zero-order valence-corrected chi connectivity index (χ0v) is 12.3. The molecule has 1 aromatic rings. The van der Waals surface area contributed by atoms with E-state index >= 15 is 0 Å². The largest absolute Gasteiger partial charge is 0.352 e. The lowest BCUT2D eigenvalue weighted by molar-refractivity contribution is -0.132. The lowest BCUT2D eigenvalue weighted by Crippen LogP contribution is -2.38. The van der Waals surface area contributed by atoms with E-state index in [1.807, 2.05) is 0 Å². The van der Waals surface area contributed by atoms with E-state index in [-0.39, 0.29) is 30.6 Å². The number of nitrogens with one attached hydrogen (secondary N) is 1. The standard InChI is InChI=1S/C15H16ClFN2O2/c1-2-14(20)18-5-3-15(21)19-6-4-10-7-11(17)8-13(16)12(10)9-19/h2,7-8H,1,3-6,9H2,(H,18,20). The van der Waals surface area contributed by atoms with Gasteiger partial charge in [-0.15, -0.1) is 0 Å². The van der Waals surface area contributed by atoms with Crippen molar-refractivity contribution in [2.45, 2.75) is 19.4 Å². The summed E-state index contributed by atoms with van der Waals surface area (Å²) < 4.78 is 13.3. The van der Waals surface area contributed by atoms with Gasteiger partial charge in [0.1, 0.15) is 5.82 Å². The van der Waals surface area contributed by atoms with Gasteiger partial charge in [-0.25, -0.2) is 4.39 Å². The number of rotatable bonds is 4. The molecule has 0 atom stereocenters. The smallest absolute Gasteiger partial charge is 0.243 e. The Morgan fingerprint density at radius 2 is 2.24 bits per heavy atom. The van der Waals surface area contributed by atoms with Crippen LogP contribution in [0.1, 0.15) is 17.5 Å². The molecule has 0 fully saturated rings. The van der Waals surface area contributed by atoms with Gasteiger partial charge in [0.2, 0.25) is 11.8 Å². The van der Waals surface area contributed by atoms with E-state index in [0.717, 1.165) is 17.2 Å². The average molecular weight is 311 g/mol. The number of fused-ring (bicyclic) bond motifs is 1. The van der Waals surface area contributed by atoms with Crippen LogP contribution in [-0.4, -0.2) is 29.8 Å². The van der Waals surface area contributed by atoms with Crippen molar-refractivity contribution in [3.8, 4) is 0 Å². The van der Waals surface area contributed by atoms with E-state index in [9.17, 15) is 14.0 Å². The molecule has 1 aliphatic heterocycles. The monoisotopic (exact) mass is 310 g/mol. The van der Waals surface area contributed by atoms with Crippen LogP contribution in [0.3, 0.4) is 0 Å². The molecule has 1 aliphatic rings. The molecule has 0 spiro atoms. The normalized spacial score (nSPS) is 13.5. The van der Waals surface area contributed by atoms with Gasteiger partial charge in [0.05, 0.1) is 0 Å². The van der Waals surface area contributed by atoms with Crippen LogP contribution in [0, 0.1) is 5.82 Å². The number of hydrogen-bond donors (Lipinski definition) is 1. The van der Waals surface area contributed by atoms with Crippen molar-refractivity contribution in [2.24, 2.45) is 0 Å². The third-order valence-electron chi connectivity index (χ3n) is 3.43. The predicted octanol–water partition coefficient (Wildman–Crippen LogP) is 2.06. The third-order valence-corrected chi connectivity index (χ3v) is 3.77. The SMILES string of the molecule is C=CC(=O)NCCC(=O)N1CCc2cc(F)cc(Cl)c2C1. The summed E-state index contributed by atoms with van der Waals surface area (Å²) in [5, 5.41) is 2.91. The first-order chi connectivity index (χ1) is 10.0. The number of benzene rings is 1. The fourth-order valence-corrected chi connectivity index (χ4v) is 2.60. The third kappa shape index (κ3) is 3.82. The molecular weight excluding hydrogens is 295 g/mol. The molecule has 0 unspecified atom stereocenters. The topological polar surface area (TPSA) is 49.4 Å². The summed E-state index contributed by atoms with van der Waals surface area (Å²) >= 11 is 6.04. The second-order valence-corrected chi connectivity index (χ2v) is 5.24. The van der Waals surface area contributed by atoms with Crippen LogP contribution in [0.5, 0.6) is 0 Å². The highest BCUT2D eigenvalue weighted by Crippen LogP contribution is 2.27. The first-order valence-electron chi connectivity index (χ1n) is 6.66. The number of hydrogen-bond acceptors (Lipinski definition) is 2. The van der Waals surface area contributed by atoms with Gasteiger partial charge >= 0.3 is 0 Å². The molecule has 0 aromatic heterocycles. The summed E-state index contributed by atoms with van der Waals surface area (Å²) in [6, 6.07) is 2.73. The van der Waals surface area contributed by atoms with Gasteiger partial charge in [-0.05, 0) is 35.8 Å². The molecule has 1 heterocycles. The molecule has 1 N–H and O–H groups in total. The summed E-state index contributed by atoms with van der Waals surface area (Å²) in [6.07, 6.45) is 1.96. The molecule has 0 bridgehead atoms. The molecule has 0 aliphatic carbocycles. The van der Waals surface area contributed by atoms with Crippen LogP contribution in [0.15, 0.2) is 24.8 Å². The summed E-state index contributed by atoms with van der Waals surface area (Å²) in [4.78, 5) is 24.8. The molecule has 2 amide bonds. The number of nitrogens with zero attached hydrogens (tertiary/aromatic N) is 1. The van der Waals surface area contributed by atoms with Crippen LogP contribution in [0.2, 0.25) is 5.02 Å². The molecule has 0 radical (unpaired) electrons. The van der Waals surface area contributed by atoms with E-state index in [1.54, 1.807) is 4.90 Å². The lowest BCUT2D eigenvalue weighted by atomic mass is 9.99. The second kappa shape index (κ2) is 6.72. The Balaban J connectivity index is 1.96. The van der Waals surface area contributed by atoms with Gasteiger partial charge in [0.15, 0.2) is 0 Å². The minimum atomic E-state index is -0.356. The van der Waals surface area contributed by atoms with Crippen molar-refractivity contribution >= 4 is 23.4 Å². The maximum atomic E-state index is 13.3.